The van der Waals surface area contributed by atoms with Gasteiger partial charge in [-0.15, -0.1) is 0 Å². The van der Waals surface area contributed by atoms with Crippen LogP contribution in [-0.4, -0.2) is 56.4 Å². The number of anilines is 1. The van der Waals surface area contributed by atoms with Crippen LogP contribution in [0.5, 0.6) is 5.75 Å². The summed E-state index contributed by atoms with van der Waals surface area (Å²) in [5.74, 6) is -2.20. The van der Waals surface area contributed by atoms with Crippen molar-refractivity contribution in [1.82, 2.24) is 4.90 Å². The van der Waals surface area contributed by atoms with Crippen molar-refractivity contribution < 1.29 is 24.6 Å². The largest absolute Gasteiger partial charge is 0.507 e. The van der Waals surface area contributed by atoms with E-state index in [0.717, 1.165) is 0 Å². The summed E-state index contributed by atoms with van der Waals surface area (Å²) in [6, 6.07) is 3.76. The first-order valence-electron chi connectivity index (χ1n) is 6.84. The van der Waals surface area contributed by atoms with Crippen LogP contribution in [0, 0.1) is 0 Å². The molecule has 1 atom stereocenters. The van der Waals surface area contributed by atoms with Gasteiger partial charge in [-0.3, -0.25) is 19.5 Å². The second-order valence-electron chi connectivity index (χ2n) is 5.05. The molecular weight excluding hydrogens is 322 g/mol. The van der Waals surface area contributed by atoms with Gasteiger partial charge in [0.05, 0.1) is 6.54 Å². The molecule has 2 aliphatic heterocycles. The highest BCUT2D eigenvalue weighted by Crippen LogP contribution is 2.32. The number of rotatable bonds is 4. The van der Waals surface area contributed by atoms with Gasteiger partial charge in [0, 0.05) is 18.7 Å². The maximum atomic E-state index is 12.1. The molecule has 23 heavy (non-hydrogen) atoms. The third kappa shape index (κ3) is 3.00. The number of benzene rings is 1. The number of phenols is 1. The Morgan fingerprint density at radius 3 is 2.91 bits per heavy atom. The maximum Gasteiger partial charge on any atom is 0.339 e. The average Bonchev–Trinajstić information content (AvgIpc) is 3.05. The Kier molecular flexibility index (Phi) is 3.95. The van der Waals surface area contributed by atoms with Crippen LogP contribution in [0.3, 0.4) is 0 Å². The molecule has 2 amide bonds. The molecule has 0 unspecified atom stereocenters. The number of thioether (sulfide) groups is 1. The van der Waals surface area contributed by atoms with Gasteiger partial charge in [0.2, 0.25) is 11.8 Å². The third-order valence-electron chi connectivity index (χ3n) is 3.47. The summed E-state index contributed by atoms with van der Waals surface area (Å²) in [5.41, 5.74) is -0.0531. The Morgan fingerprint density at radius 1 is 1.43 bits per heavy atom. The van der Waals surface area contributed by atoms with Crippen LogP contribution in [-0.2, 0) is 9.59 Å². The van der Waals surface area contributed by atoms with E-state index in [1.54, 1.807) is 4.90 Å². The van der Waals surface area contributed by atoms with Gasteiger partial charge in [0.25, 0.3) is 0 Å². The summed E-state index contributed by atoms with van der Waals surface area (Å²) in [4.78, 5) is 40.9. The molecule has 0 radical (unpaired) electrons. The summed E-state index contributed by atoms with van der Waals surface area (Å²) in [5, 5.41) is 21.1. The fourth-order valence-electron chi connectivity index (χ4n) is 2.38. The number of nitrogens with zero attached hydrogens (tertiary/aromatic N) is 2. The van der Waals surface area contributed by atoms with Crippen molar-refractivity contribution in [1.29, 1.82) is 0 Å². The first-order chi connectivity index (χ1) is 11.0. The molecule has 2 aliphatic rings. The molecule has 9 heteroatoms. The molecular formula is C14H13N3O5S. The van der Waals surface area contributed by atoms with E-state index in [2.05, 4.69) is 10.3 Å². The van der Waals surface area contributed by atoms with Crippen molar-refractivity contribution in [2.45, 2.75) is 11.7 Å². The molecule has 0 aromatic heterocycles. The maximum absolute atomic E-state index is 12.1. The predicted octanol–water partition coefficient (Wildman–Crippen LogP) is 0.733. The number of nitrogens with one attached hydrogen (secondary N) is 1. The van der Waals surface area contributed by atoms with E-state index in [1.807, 2.05) is 0 Å². The van der Waals surface area contributed by atoms with Crippen LogP contribution in [0.15, 0.2) is 23.2 Å². The van der Waals surface area contributed by atoms with E-state index in [1.165, 1.54) is 30.0 Å². The Morgan fingerprint density at radius 2 is 2.22 bits per heavy atom. The summed E-state index contributed by atoms with van der Waals surface area (Å²) in [7, 11) is 0. The lowest BCUT2D eigenvalue weighted by atomic mass is 10.1. The molecule has 0 aliphatic carbocycles. The lowest BCUT2D eigenvalue weighted by Gasteiger charge is -2.11. The Labute approximate surface area is 135 Å². The second-order valence-corrected chi connectivity index (χ2v) is 6.22. The van der Waals surface area contributed by atoms with E-state index >= 15 is 0 Å². The van der Waals surface area contributed by atoms with Gasteiger partial charge in [-0.25, -0.2) is 4.79 Å². The summed E-state index contributed by atoms with van der Waals surface area (Å²) < 4.78 is 0. The molecule has 1 aromatic carbocycles. The number of aliphatic imine (C=N–C) groups is 1. The molecule has 2 heterocycles. The monoisotopic (exact) mass is 335 g/mol. The molecule has 0 bridgehead atoms. The van der Waals surface area contributed by atoms with Crippen LogP contribution >= 0.6 is 11.8 Å². The van der Waals surface area contributed by atoms with Crippen molar-refractivity contribution in [2.75, 3.05) is 18.4 Å². The van der Waals surface area contributed by atoms with Crippen LogP contribution < -0.4 is 5.32 Å². The third-order valence-corrected chi connectivity index (χ3v) is 4.69. The summed E-state index contributed by atoms with van der Waals surface area (Å²) in [6.07, 6.45) is -0.0255. The number of aromatic hydroxyl groups is 1. The average molecular weight is 335 g/mol. The molecule has 1 fully saturated rings. The van der Waals surface area contributed by atoms with Crippen molar-refractivity contribution in [3.05, 3.63) is 23.8 Å². The van der Waals surface area contributed by atoms with E-state index in [4.69, 9.17) is 5.11 Å². The van der Waals surface area contributed by atoms with E-state index in [9.17, 15) is 19.5 Å². The van der Waals surface area contributed by atoms with Crippen molar-refractivity contribution in [2.24, 2.45) is 4.99 Å². The highest BCUT2D eigenvalue weighted by molar-refractivity contribution is 8.15. The first-order valence-corrected chi connectivity index (χ1v) is 7.72. The normalized spacial score (nSPS) is 19.5. The first kappa shape index (κ1) is 15.3. The minimum atomic E-state index is -1.29. The number of amidine groups is 1. The van der Waals surface area contributed by atoms with Crippen LogP contribution in [0.25, 0.3) is 0 Å². The van der Waals surface area contributed by atoms with Gasteiger partial charge >= 0.3 is 5.97 Å². The SMILES string of the molecule is O=C(C[C@H]1SC2=NCCN2C1=O)Nc1ccc(O)c(C(=O)O)c1. The minimum absolute atomic E-state index is 0.0255. The van der Waals surface area contributed by atoms with Gasteiger partial charge in [0.1, 0.15) is 16.6 Å². The van der Waals surface area contributed by atoms with Gasteiger partial charge in [0.15, 0.2) is 5.17 Å². The molecule has 0 saturated carbocycles. The fourth-order valence-corrected chi connectivity index (χ4v) is 3.57. The number of aromatic carboxylic acids is 1. The molecule has 8 nitrogen and oxygen atoms in total. The predicted molar refractivity (Wildman–Crippen MR) is 83.7 cm³/mol. The standard InChI is InChI=1S/C14H13N3O5S/c18-9-2-1-7(5-8(9)13(21)22)16-11(19)6-10-12(20)17-4-3-15-14(17)23-10/h1-2,5,10,18H,3-4,6H2,(H,16,19)(H,21,22)/t10-/m1/s1. The zero-order valence-electron chi connectivity index (χ0n) is 11.9. The number of fused-ring (bicyclic) bond motifs is 1. The van der Waals surface area contributed by atoms with Gasteiger partial charge in [-0.2, -0.15) is 0 Å². The van der Waals surface area contributed by atoms with Crippen molar-refractivity contribution in [3.8, 4) is 5.75 Å². The van der Waals surface area contributed by atoms with Crippen LogP contribution in [0.1, 0.15) is 16.8 Å². The lowest BCUT2D eigenvalue weighted by Crippen LogP contribution is -2.32. The summed E-state index contributed by atoms with van der Waals surface area (Å²) in [6.45, 7) is 1.15. The Hall–Kier alpha value is -2.55. The highest BCUT2D eigenvalue weighted by atomic mass is 32.2. The highest BCUT2D eigenvalue weighted by Gasteiger charge is 2.40. The molecule has 0 spiro atoms. The summed E-state index contributed by atoms with van der Waals surface area (Å²) >= 11 is 1.27. The fraction of sp³-hybridized carbons (Fsp3) is 0.286. The van der Waals surface area contributed by atoms with Crippen LogP contribution in [0.2, 0.25) is 0 Å². The van der Waals surface area contributed by atoms with Crippen molar-refractivity contribution in [3.63, 3.8) is 0 Å². The number of carboxylic acids is 1. The number of hydrogen-bond acceptors (Lipinski definition) is 6. The van der Waals surface area contributed by atoms with E-state index in [0.29, 0.717) is 18.3 Å². The number of amides is 2. The van der Waals surface area contributed by atoms with Gasteiger partial charge in [-0.05, 0) is 18.2 Å². The smallest absolute Gasteiger partial charge is 0.339 e. The minimum Gasteiger partial charge on any atom is -0.507 e. The topological polar surface area (TPSA) is 119 Å². The molecule has 1 saturated heterocycles. The molecule has 1 aromatic rings. The molecule has 3 rings (SSSR count). The van der Waals surface area contributed by atoms with Crippen molar-refractivity contribution >= 4 is 40.4 Å². The molecule has 3 N–H and O–H groups in total. The van der Waals surface area contributed by atoms with Gasteiger partial charge < -0.3 is 15.5 Å². The lowest BCUT2D eigenvalue weighted by molar-refractivity contribution is -0.127. The second kappa shape index (κ2) is 5.92. The Bertz CT molecular complexity index is 733. The van der Waals surface area contributed by atoms with E-state index in [-0.39, 0.29) is 29.3 Å². The Balaban J connectivity index is 1.65. The van der Waals surface area contributed by atoms with E-state index < -0.39 is 17.1 Å². The number of carbonyl (C=O) groups excluding carboxylic acids is 2. The number of carboxylic acid groups (broad SMARTS) is 1. The quantitative estimate of drug-likeness (QED) is 0.698. The molecule has 120 valence electrons. The zero-order valence-corrected chi connectivity index (χ0v) is 12.7. The zero-order chi connectivity index (χ0) is 16.6. The number of carbonyl (C=O) groups is 3. The van der Waals surface area contributed by atoms with Crippen LogP contribution in [0.4, 0.5) is 5.69 Å². The van der Waals surface area contributed by atoms with Gasteiger partial charge in [-0.1, -0.05) is 11.8 Å². The number of hydrogen-bond donors (Lipinski definition) is 3.